The van der Waals surface area contributed by atoms with Crippen molar-refractivity contribution in [2.24, 2.45) is 0 Å². The van der Waals surface area contributed by atoms with Crippen molar-refractivity contribution < 1.29 is 0 Å². The number of nitrogens with one attached hydrogen (secondary N) is 1. The van der Waals surface area contributed by atoms with E-state index in [9.17, 15) is 0 Å². The average Bonchev–Trinajstić information content (AvgIpc) is 2.19. The highest BCUT2D eigenvalue weighted by molar-refractivity contribution is 7.99. The van der Waals surface area contributed by atoms with Crippen molar-refractivity contribution in [1.82, 2.24) is 10.2 Å². The minimum Gasteiger partial charge on any atom is -0.312 e. The summed E-state index contributed by atoms with van der Waals surface area (Å²) in [6.45, 7) is 5.97. The average molecular weight is 200 g/mol. The molecule has 76 valence electrons. The van der Waals surface area contributed by atoms with Gasteiger partial charge in [0.05, 0.1) is 5.37 Å². The number of thioether (sulfide) groups is 1. The molecule has 2 atom stereocenters. The zero-order chi connectivity index (χ0) is 9.10. The van der Waals surface area contributed by atoms with E-state index >= 15 is 0 Å². The van der Waals surface area contributed by atoms with Crippen molar-refractivity contribution >= 4 is 11.8 Å². The van der Waals surface area contributed by atoms with Crippen LogP contribution in [0.15, 0.2) is 0 Å². The molecule has 2 saturated heterocycles. The Balaban J connectivity index is 1.83. The van der Waals surface area contributed by atoms with Crippen LogP contribution in [-0.2, 0) is 0 Å². The van der Waals surface area contributed by atoms with Crippen LogP contribution < -0.4 is 5.32 Å². The first-order valence-corrected chi connectivity index (χ1v) is 6.50. The molecular formula is C10H20N2S. The van der Waals surface area contributed by atoms with Crippen LogP contribution >= 0.6 is 11.8 Å². The van der Waals surface area contributed by atoms with Gasteiger partial charge < -0.3 is 5.32 Å². The molecule has 2 unspecified atom stereocenters. The lowest BCUT2D eigenvalue weighted by Gasteiger charge is -2.39. The summed E-state index contributed by atoms with van der Waals surface area (Å²) in [5.74, 6) is 1.38. The maximum absolute atomic E-state index is 3.50. The molecule has 0 saturated carbocycles. The topological polar surface area (TPSA) is 15.3 Å². The van der Waals surface area contributed by atoms with Crippen LogP contribution in [0.25, 0.3) is 0 Å². The highest BCUT2D eigenvalue weighted by Crippen LogP contribution is 2.28. The maximum atomic E-state index is 3.50. The van der Waals surface area contributed by atoms with E-state index < -0.39 is 0 Å². The molecule has 2 fully saturated rings. The Morgan fingerprint density at radius 2 is 2.31 bits per heavy atom. The number of piperazine rings is 1. The van der Waals surface area contributed by atoms with E-state index in [0.717, 1.165) is 5.37 Å². The van der Waals surface area contributed by atoms with Gasteiger partial charge in [-0.25, -0.2) is 0 Å². The number of hydrogen-bond acceptors (Lipinski definition) is 3. The van der Waals surface area contributed by atoms with Gasteiger partial charge in [-0.1, -0.05) is 6.42 Å². The Bertz CT molecular complexity index is 157. The van der Waals surface area contributed by atoms with Gasteiger partial charge in [0.1, 0.15) is 0 Å². The highest BCUT2D eigenvalue weighted by Gasteiger charge is 2.24. The summed E-state index contributed by atoms with van der Waals surface area (Å²) in [5.41, 5.74) is 0. The normalized spacial score (nSPS) is 37.6. The Morgan fingerprint density at radius 3 is 3.00 bits per heavy atom. The van der Waals surface area contributed by atoms with Crippen LogP contribution in [0.5, 0.6) is 0 Å². The van der Waals surface area contributed by atoms with Crippen molar-refractivity contribution in [3.63, 3.8) is 0 Å². The molecular weight excluding hydrogens is 180 g/mol. The van der Waals surface area contributed by atoms with Crippen LogP contribution in [0.1, 0.15) is 26.2 Å². The summed E-state index contributed by atoms with van der Waals surface area (Å²) >= 11 is 2.17. The molecule has 2 heterocycles. The summed E-state index contributed by atoms with van der Waals surface area (Å²) in [6.07, 6.45) is 4.29. The molecule has 2 aliphatic rings. The van der Waals surface area contributed by atoms with Crippen molar-refractivity contribution in [3.05, 3.63) is 0 Å². The van der Waals surface area contributed by atoms with Crippen molar-refractivity contribution in [2.75, 3.05) is 25.4 Å². The highest BCUT2D eigenvalue weighted by atomic mass is 32.2. The lowest BCUT2D eigenvalue weighted by molar-refractivity contribution is 0.184. The second kappa shape index (κ2) is 4.67. The summed E-state index contributed by atoms with van der Waals surface area (Å²) in [5, 5.41) is 4.33. The standard InChI is InChI=1S/C10H20N2S/c1-9-8-12(6-5-11-9)10-4-2-3-7-13-10/h9-11H,2-8H2,1H3. The second-order valence-electron chi connectivity index (χ2n) is 4.17. The molecule has 1 N–H and O–H groups in total. The van der Waals surface area contributed by atoms with Gasteiger partial charge in [0.2, 0.25) is 0 Å². The molecule has 2 nitrogen and oxygen atoms in total. The molecule has 3 heteroatoms. The molecule has 2 rings (SSSR count). The molecule has 0 radical (unpaired) electrons. The van der Waals surface area contributed by atoms with E-state index in [1.807, 2.05) is 0 Å². The zero-order valence-electron chi connectivity index (χ0n) is 8.46. The van der Waals surface area contributed by atoms with E-state index in [4.69, 9.17) is 0 Å². The van der Waals surface area contributed by atoms with Gasteiger partial charge in [-0.2, -0.15) is 0 Å². The van der Waals surface area contributed by atoms with Crippen LogP contribution in [-0.4, -0.2) is 41.7 Å². The van der Waals surface area contributed by atoms with Crippen LogP contribution in [0.3, 0.4) is 0 Å². The van der Waals surface area contributed by atoms with Gasteiger partial charge in [-0.15, -0.1) is 11.8 Å². The van der Waals surface area contributed by atoms with Crippen LogP contribution in [0.2, 0.25) is 0 Å². The third-order valence-corrected chi connectivity index (χ3v) is 4.41. The summed E-state index contributed by atoms with van der Waals surface area (Å²) in [7, 11) is 0. The summed E-state index contributed by atoms with van der Waals surface area (Å²) < 4.78 is 0. The number of rotatable bonds is 1. The Hall–Kier alpha value is 0.270. The smallest absolute Gasteiger partial charge is 0.0558 e. The minimum atomic E-state index is 0.691. The van der Waals surface area contributed by atoms with Crippen LogP contribution in [0, 0.1) is 0 Å². The fourth-order valence-corrected chi connectivity index (χ4v) is 3.61. The monoisotopic (exact) mass is 200 g/mol. The van der Waals surface area contributed by atoms with E-state index in [2.05, 4.69) is 28.9 Å². The van der Waals surface area contributed by atoms with Gasteiger partial charge in [0.15, 0.2) is 0 Å². The van der Waals surface area contributed by atoms with Crippen molar-refractivity contribution in [3.8, 4) is 0 Å². The fourth-order valence-electron chi connectivity index (χ4n) is 2.24. The van der Waals surface area contributed by atoms with Gasteiger partial charge in [0, 0.05) is 25.7 Å². The molecule has 0 aromatic rings. The lowest BCUT2D eigenvalue weighted by Crippen LogP contribution is -2.52. The fraction of sp³-hybridized carbons (Fsp3) is 1.00. The Labute approximate surface area is 85.4 Å². The van der Waals surface area contributed by atoms with Crippen molar-refractivity contribution in [1.29, 1.82) is 0 Å². The predicted molar refractivity (Wildman–Crippen MR) is 59.1 cm³/mol. The first-order valence-electron chi connectivity index (χ1n) is 5.45. The van der Waals surface area contributed by atoms with Crippen LogP contribution in [0.4, 0.5) is 0 Å². The molecule has 0 aliphatic carbocycles. The van der Waals surface area contributed by atoms with E-state index in [-0.39, 0.29) is 0 Å². The van der Waals surface area contributed by atoms with E-state index in [1.54, 1.807) is 0 Å². The molecule has 0 amide bonds. The van der Waals surface area contributed by atoms with Gasteiger partial charge in [-0.05, 0) is 25.5 Å². The minimum absolute atomic E-state index is 0.691. The molecule has 0 aromatic carbocycles. The zero-order valence-corrected chi connectivity index (χ0v) is 9.28. The molecule has 2 aliphatic heterocycles. The Kier molecular flexibility index (Phi) is 3.52. The molecule has 0 aromatic heterocycles. The summed E-state index contributed by atoms with van der Waals surface area (Å²) in [4.78, 5) is 2.67. The molecule has 0 bridgehead atoms. The van der Waals surface area contributed by atoms with Gasteiger partial charge in [-0.3, -0.25) is 4.90 Å². The third kappa shape index (κ3) is 2.61. The summed E-state index contributed by atoms with van der Waals surface area (Å²) in [6, 6.07) is 0.691. The lowest BCUT2D eigenvalue weighted by atomic mass is 10.2. The molecule has 0 spiro atoms. The molecule has 13 heavy (non-hydrogen) atoms. The maximum Gasteiger partial charge on any atom is 0.0558 e. The van der Waals surface area contributed by atoms with E-state index in [0.29, 0.717) is 6.04 Å². The predicted octanol–water partition coefficient (Wildman–Crippen LogP) is 1.52. The third-order valence-electron chi connectivity index (χ3n) is 2.96. The van der Waals surface area contributed by atoms with Gasteiger partial charge in [0.25, 0.3) is 0 Å². The quantitative estimate of drug-likeness (QED) is 0.691. The SMILES string of the molecule is CC1CN(C2CCCCS2)CCN1. The first kappa shape index (κ1) is 9.81. The number of nitrogens with zero attached hydrogens (tertiary/aromatic N) is 1. The van der Waals surface area contributed by atoms with Gasteiger partial charge >= 0.3 is 0 Å². The number of hydrogen-bond donors (Lipinski definition) is 1. The Morgan fingerprint density at radius 1 is 1.38 bits per heavy atom. The van der Waals surface area contributed by atoms with Crippen molar-refractivity contribution in [2.45, 2.75) is 37.6 Å². The first-order chi connectivity index (χ1) is 6.36. The van der Waals surface area contributed by atoms with E-state index in [1.165, 1.54) is 44.6 Å². The largest absolute Gasteiger partial charge is 0.312 e. The second-order valence-corrected chi connectivity index (χ2v) is 5.46.